The van der Waals surface area contributed by atoms with Crippen LogP contribution in [-0.4, -0.2) is 59.5 Å². The average molecular weight is 578 g/mol. The van der Waals surface area contributed by atoms with Crippen LogP contribution < -0.4 is 21.3 Å². The molecule has 11 heteroatoms. The molecule has 1 amide bonds. The Labute approximate surface area is 243 Å². The molecule has 1 aromatic heterocycles. The van der Waals surface area contributed by atoms with E-state index in [0.29, 0.717) is 34.6 Å². The summed E-state index contributed by atoms with van der Waals surface area (Å²) in [4.78, 5) is 26.5. The fourth-order valence-electron chi connectivity index (χ4n) is 4.59. The number of anilines is 3. The number of rotatable bonds is 9. The van der Waals surface area contributed by atoms with Gasteiger partial charge in [-0.25, -0.2) is 4.98 Å². The van der Waals surface area contributed by atoms with Crippen molar-refractivity contribution < 1.29 is 9.90 Å². The first-order chi connectivity index (χ1) is 19.2. The molecule has 40 heavy (non-hydrogen) atoms. The van der Waals surface area contributed by atoms with Crippen molar-refractivity contribution in [2.24, 2.45) is 10.7 Å². The molecule has 0 spiro atoms. The number of likely N-dealkylation sites (tertiary alicyclic amines) is 1. The molecule has 2 aromatic carbocycles. The summed E-state index contributed by atoms with van der Waals surface area (Å²) in [5.41, 5.74) is 8.14. The maximum absolute atomic E-state index is 13.1. The monoisotopic (exact) mass is 577 g/mol. The standard InChI is InChI=1S/C29H32ClN7O2S/c1-29(31)13-15-36(16-14-29)18-33-27-21(32-2)11-12-24(35-27)40-23-10-6-9-20(25(23)30)34-26-22(38)17-37(28(26)39)19-7-4-3-5-8-19/h3-12,34,38H,2,13-18,31H2,1H3,(H,33,35). The predicted octanol–water partition coefficient (Wildman–Crippen LogP) is 5.63. The van der Waals surface area contributed by atoms with Crippen LogP contribution in [0.5, 0.6) is 0 Å². The SMILES string of the molecule is C=Nc1ccc(Sc2cccc(NC3=C(O)CN(c4ccccc4)C3=O)c2Cl)nc1NCN1CCC(C)(N)CC1. The molecule has 2 aliphatic heterocycles. The number of halogens is 1. The molecular weight excluding hydrogens is 546 g/mol. The molecule has 5 N–H and O–H groups in total. The third-order valence-corrected chi connectivity index (χ3v) is 8.56. The number of benzene rings is 2. The molecule has 0 unspecified atom stereocenters. The number of amides is 1. The molecule has 9 nitrogen and oxygen atoms in total. The van der Waals surface area contributed by atoms with Crippen LogP contribution in [0.3, 0.4) is 0 Å². The number of carbonyl (C=O) groups excluding carboxylic acids is 1. The number of nitrogens with two attached hydrogens (primary N) is 1. The number of carbonyl (C=O) groups is 1. The van der Waals surface area contributed by atoms with Gasteiger partial charge in [-0.1, -0.05) is 47.6 Å². The van der Waals surface area contributed by atoms with Crippen molar-refractivity contribution in [2.75, 3.05) is 41.8 Å². The highest BCUT2D eigenvalue weighted by Crippen LogP contribution is 2.39. The summed E-state index contributed by atoms with van der Waals surface area (Å²) in [5, 5.41) is 18.1. The molecule has 0 radical (unpaired) electrons. The van der Waals surface area contributed by atoms with Gasteiger partial charge in [0.2, 0.25) is 0 Å². The molecule has 5 rings (SSSR count). The van der Waals surface area contributed by atoms with Crippen molar-refractivity contribution in [3.63, 3.8) is 0 Å². The Balaban J connectivity index is 1.29. The van der Waals surface area contributed by atoms with Gasteiger partial charge in [0.15, 0.2) is 5.82 Å². The number of hydrogen-bond donors (Lipinski definition) is 4. The van der Waals surface area contributed by atoms with E-state index >= 15 is 0 Å². The highest BCUT2D eigenvalue weighted by Gasteiger charge is 2.32. The van der Waals surface area contributed by atoms with E-state index < -0.39 is 0 Å². The number of aromatic nitrogens is 1. The zero-order chi connectivity index (χ0) is 28.3. The Morgan fingerprint density at radius 2 is 1.90 bits per heavy atom. The molecule has 0 bridgehead atoms. The van der Waals surface area contributed by atoms with Gasteiger partial charge >= 0.3 is 0 Å². The van der Waals surface area contributed by atoms with E-state index in [2.05, 4.69) is 34.2 Å². The number of nitrogens with zero attached hydrogens (tertiary/aromatic N) is 4. The molecule has 1 saturated heterocycles. The molecular formula is C29H32ClN7O2S. The lowest BCUT2D eigenvalue weighted by Crippen LogP contribution is -2.49. The van der Waals surface area contributed by atoms with E-state index in [-0.39, 0.29) is 29.4 Å². The van der Waals surface area contributed by atoms with Crippen molar-refractivity contribution in [3.8, 4) is 0 Å². The summed E-state index contributed by atoms with van der Waals surface area (Å²) >= 11 is 8.16. The first kappa shape index (κ1) is 28.0. The summed E-state index contributed by atoms with van der Waals surface area (Å²) in [6.07, 6.45) is 1.88. The zero-order valence-corrected chi connectivity index (χ0v) is 23.8. The Hall–Kier alpha value is -3.57. The van der Waals surface area contributed by atoms with Crippen LogP contribution in [0.1, 0.15) is 19.8 Å². The molecule has 1 fully saturated rings. The van der Waals surface area contributed by atoms with Gasteiger partial charge in [0.1, 0.15) is 22.2 Å². The van der Waals surface area contributed by atoms with Gasteiger partial charge in [0, 0.05) is 29.2 Å². The van der Waals surface area contributed by atoms with Crippen molar-refractivity contribution in [1.82, 2.24) is 9.88 Å². The fourth-order valence-corrected chi connectivity index (χ4v) is 5.73. The maximum Gasteiger partial charge on any atom is 0.278 e. The third-order valence-electron chi connectivity index (χ3n) is 7.05. The van der Waals surface area contributed by atoms with Gasteiger partial charge in [0.05, 0.1) is 23.9 Å². The summed E-state index contributed by atoms with van der Waals surface area (Å²) in [7, 11) is 0. The maximum atomic E-state index is 13.1. The van der Waals surface area contributed by atoms with Crippen molar-refractivity contribution >= 4 is 58.9 Å². The van der Waals surface area contributed by atoms with Crippen LogP contribution in [0.4, 0.5) is 22.9 Å². The van der Waals surface area contributed by atoms with Crippen molar-refractivity contribution in [1.29, 1.82) is 0 Å². The number of aliphatic hydroxyl groups is 1. The first-order valence-electron chi connectivity index (χ1n) is 13.0. The molecule has 2 aliphatic rings. The molecule has 0 aliphatic carbocycles. The van der Waals surface area contributed by atoms with Gasteiger partial charge in [-0.3, -0.25) is 19.6 Å². The Bertz CT molecular complexity index is 1440. The quantitative estimate of drug-likeness (QED) is 0.242. The lowest BCUT2D eigenvalue weighted by Gasteiger charge is -2.36. The van der Waals surface area contributed by atoms with Gasteiger partial charge < -0.3 is 21.5 Å². The highest BCUT2D eigenvalue weighted by atomic mass is 35.5. The normalized spacial score (nSPS) is 17.3. The number of hydrogen-bond acceptors (Lipinski definition) is 9. The second-order valence-corrected chi connectivity index (χ2v) is 11.6. The van der Waals surface area contributed by atoms with Crippen LogP contribution in [0.2, 0.25) is 5.02 Å². The van der Waals surface area contributed by atoms with Crippen molar-refractivity contribution in [3.05, 3.63) is 77.1 Å². The lowest BCUT2D eigenvalue weighted by molar-refractivity contribution is -0.114. The minimum absolute atomic E-state index is 0.0438. The second-order valence-electron chi connectivity index (χ2n) is 10.2. The number of aliphatic imine (C=N–C) groups is 1. The van der Waals surface area contributed by atoms with Crippen LogP contribution in [0.25, 0.3) is 0 Å². The van der Waals surface area contributed by atoms with E-state index in [1.807, 2.05) is 54.6 Å². The summed E-state index contributed by atoms with van der Waals surface area (Å²) in [6.45, 7) is 8.32. The van der Waals surface area contributed by atoms with Crippen LogP contribution in [0.15, 0.2) is 87.0 Å². The Morgan fingerprint density at radius 1 is 1.15 bits per heavy atom. The van der Waals surface area contributed by atoms with Gasteiger partial charge in [0.25, 0.3) is 5.91 Å². The van der Waals surface area contributed by atoms with Crippen LogP contribution >= 0.6 is 23.4 Å². The lowest BCUT2D eigenvalue weighted by atomic mass is 9.91. The molecule has 0 atom stereocenters. The van der Waals surface area contributed by atoms with E-state index in [0.717, 1.165) is 35.9 Å². The molecule has 3 aromatic rings. The van der Waals surface area contributed by atoms with Gasteiger partial charge in [-0.05, 0) is 62.9 Å². The summed E-state index contributed by atoms with van der Waals surface area (Å²) < 4.78 is 0. The van der Waals surface area contributed by atoms with E-state index in [9.17, 15) is 9.90 Å². The van der Waals surface area contributed by atoms with Crippen molar-refractivity contribution in [2.45, 2.75) is 35.2 Å². The third kappa shape index (κ3) is 6.26. The molecule has 0 saturated carbocycles. The van der Waals surface area contributed by atoms with E-state index in [4.69, 9.17) is 22.3 Å². The van der Waals surface area contributed by atoms with Gasteiger partial charge in [-0.15, -0.1) is 0 Å². The number of pyridine rings is 1. The minimum atomic E-state index is -0.326. The average Bonchev–Trinajstić information content (AvgIpc) is 3.23. The summed E-state index contributed by atoms with van der Waals surface area (Å²) in [5.74, 6) is 0.268. The second kappa shape index (κ2) is 11.9. The Kier molecular flexibility index (Phi) is 8.32. The largest absolute Gasteiger partial charge is 0.508 e. The summed E-state index contributed by atoms with van der Waals surface area (Å²) in [6, 6.07) is 18.4. The number of para-hydroxylation sites is 1. The first-order valence-corrected chi connectivity index (χ1v) is 14.2. The minimum Gasteiger partial charge on any atom is -0.508 e. The predicted molar refractivity (Wildman–Crippen MR) is 163 cm³/mol. The van der Waals surface area contributed by atoms with Crippen LogP contribution in [0, 0.1) is 0 Å². The highest BCUT2D eigenvalue weighted by molar-refractivity contribution is 7.99. The number of piperidine rings is 1. The fraction of sp³-hybridized carbons (Fsp3) is 0.276. The molecule has 3 heterocycles. The van der Waals surface area contributed by atoms with Gasteiger partial charge in [-0.2, -0.15) is 0 Å². The number of aliphatic hydroxyl groups excluding tert-OH is 1. The number of nitrogens with one attached hydrogen (secondary N) is 2. The smallest absolute Gasteiger partial charge is 0.278 e. The Morgan fingerprint density at radius 3 is 2.62 bits per heavy atom. The zero-order valence-electron chi connectivity index (χ0n) is 22.2. The topological polar surface area (TPSA) is 119 Å². The van der Waals surface area contributed by atoms with Crippen LogP contribution in [-0.2, 0) is 4.79 Å². The van der Waals surface area contributed by atoms with E-state index in [1.165, 1.54) is 16.7 Å². The molecule has 208 valence electrons. The van der Waals surface area contributed by atoms with E-state index in [1.54, 1.807) is 6.07 Å².